The van der Waals surface area contributed by atoms with Crippen molar-refractivity contribution >= 4 is 24.2 Å². The van der Waals surface area contributed by atoms with E-state index in [1.54, 1.807) is 17.8 Å². The van der Waals surface area contributed by atoms with Gasteiger partial charge in [-0.15, -0.1) is 24.2 Å². The molecule has 1 fully saturated rings. The van der Waals surface area contributed by atoms with Crippen molar-refractivity contribution < 1.29 is 14.9 Å². The van der Waals surface area contributed by atoms with Crippen LogP contribution in [0.3, 0.4) is 0 Å². The summed E-state index contributed by atoms with van der Waals surface area (Å²) in [6.07, 6.45) is 2.27. The minimum Gasteiger partial charge on any atom is -0.508 e. The second kappa shape index (κ2) is 9.34. The van der Waals surface area contributed by atoms with Gasteiger partial charge in [-0.2, -0.15) is 0 Å². The third-order valence-electron chi connectivity index (χ3n) is 3.17. The Balaban J connectivity index is 0.00000200. The Bertz CT molecular complexity index is 400. The molecule has 1 aliphatic heterocycles. The second-order valence-electron chi connectivity index (χ2n) is 4.66. The van der Waals surface area contributed by atoms with E-state index in [4.69, 9.17) is 4.74 Å². The van der Waals surface area contributed by atoms with Gasteiger partial charge in [0.1, 0.15) is 11.5 Å². The molecule has 0 aromatic heterocycles. The largest absolute Gasteiger partial charge is 0.508 e. The van der Waals surface area contributed by atoms with E-state index in [1.165, 1.54) is 12.1 Å². The molecule has 0 amide bonds. The molecule has 20 heavy (non-hydrogen) atoms. The van der Waals surface area contributed by atoms with Crippen LogP contribution in [0.25, 0.3) is 0 Å². The van der Waals surface area contributed by atoms with Crippen molar-refractivity contribution in [1.29, 1.82) is 0 Å². The van der Waals surface area contributed by atoms with Crippen molar-refractivity contribution in [2.24, 2.45) is 0 Å². The number of aromatic hydroxyl groups is 2. The molecule has 0 aliphatic carbocycles. The number of hydrogen-bond donors (Lipinski definition) is 2. The Morgan fingerprint density at radius 3 is 2.65 bits per heavy atom. The molecule has 2 rings (SSSR count). The summed E-state index contributed by atoms with van der Waals surface area (Å²) >= 11 is 1.59. The molecule has 0 unspecified atom stereocenters. The molecule has 0 bridgehead atoms. The lowest BCUT2D eigenvalue weighted by molar-refractivity contribution is 0.0374. The van der Waals surface area contributed by atoms with Gasteiger partial charge in [-0.1, -0.05) is 0 Å². The number of benzene rings is 1. The minimum absolute atomic E-state index is 0. The summed E-state index contributed by atoms with van der Waals surface area (Å²) in [5, 5.41) is 19.0. The lowest BCUT2D eigenvalue weighted by atomic mass is 10.3. The summed E-state index contributed by atoms with van der Waals surface area (Å²) in [6, 6.07) is 4.64. The highest BCUT2D eigenvalue weighted by atomic mass is 35.5. The predicted molar refractivity (Wildman–Crippen MR) is 84.2 cm³/mol. The van der Waals surface area contributed by atoms with Crippen LogP contribution in [0, 0.1) is 0 Å². The molecule has 4 nitrogen and oxygen atoms in total. The molecule has 0 atom stereocenters. The van der Waals surface area contributed by atoms with Gasteiger partial charge in [0.15, 0.2) is 0 Å². The van der Waals surface area contributed by atoms with Gasteiger partial charge >= 0.3 is 0 Å². The molecule has 0 radical (unpaired) electrons. The van der Waals surface area contributed by atoms with E-state index in [0.717, 1.165) is 56.3 Å². The van der Waals surface area contributed by atoms with E-state index >= 15 is 0 Å². The topological polar surface area (TPSA) is 52.9 Å². The average Bonchev–Trinajstić information content (AvgIpc) is 2.43. The number of unbranched alkanes of at least 4 members (excludes halogenated alkanes) is 1. The first-order chi connectivity index (χ1) is 9.25. The van der Waals surface area contributed by atoms with Crippen LogP contribution in [-0.2, 0) is 4.74 Å². The molecule has 1 aromatic rings. The maximum atomic E-state index is 9.64. The number of phenols is 2. The molecule has 1 aromatic carbocycles. The summed E-state index contributed by atoms with van der Waals surface area (Å²) in [6.45, 7) is 4.91. The first-order valence-corrected chi connectivity index (χ1v) is 7.69. The molecule has 1 aliphatic rings. The highest BCUT2D eigenvalue weighted by Crippen LogP contribution is 2.31. The van der Waals surface area contributed by atoms with Gasteiger partial charge in [-0.25, -0.2) is 0 Å². The monoisotopic (exact) mass is 319 g/mol. The number of rotatable bonds is 6. The van der Waals surface area contributed by atoms with Gasteiger partial charge in [0.05, 0.1) is 18.1 Å². The first-order valence-electron chi connectivity index (χ1n) is 6.70. The normalized spacial score (nSPS) is 15.8. The average molecular weight is 320 g/mol. The molecule has 0 spiro atoms. The third-order valence-corrected chi connectivity index (χ3v) is 4.30. The van der Waals surface area contributed by atoms with Crippen LogP contribution < -0.4 is 0 Å². The molecule has 114 valence electrons. The number of phenolic OH excluding ortho intramolecular Hbond substituents is 2. The zero-order valence-electron chi connectivity index (χ0n) is 11.5. The quantitative estimate of drug-likeness (QED) is 0.480. The van der Waals surface area contributed by atoms with E-state index in [-0.39, 0.29) is 23.9 Å². The van der Waals surface area contributed by atoms with Crippen molar-refractivity contribution in [3.05, 3.63) is 18.2 Å². The number of halogens is 1. The fourth-order valence-electron chi connectivity index (χ4n) is 2.06. The Morgan fingerprint density at radius 2 is 1.90 bits per heavy atom. The molecule has 1 heterocycles. The zero-order chi connectivity index (χ0) is 13.5. The van der Waals surface area contributed by atoms with Crippen LogP contribution in [0.15, 0.2) is 23.1 Å². The van der Waals surface area contributed by atoms with Gasteiger partial charge in [0.2, 0.25) is 0 Å². The van der Waals surface area contributed by atoms with Crippen molar-refractivity contribution in [1.82, 2.24) is 4.90 Å². The van der Waals surface area contributed by atoms with Crippen LogP contribution >= 0.6 is 24.2 Å². The standard InChI is InChI=1S/C14H21NO3S.ClH/c16-12-3-4-13(17)14(11-12)19-10-2-1-5-15-6-8-18-9-7-15;/h3-4,11,16-17H,1-2,5-10H2;1H. The van der Waals surface area contributed by atoms with Crippen LogP contribution in [0.1, 0.15) is 12.8 Å². The van der Waals surface area contributed by atoms with Gasteiger partial charge in [0.25, 0.3) is 0 Å². The molecular formula is C14H22ClNO3S. The zero-order valence-corrected chi connectivity index (χ0v) is 13.1. The summed E-state index contributed by atoms with van der Waals surface area (Å²) in [5.41, 5.74) is 0. The van der Waals surface area contributed by atoms with E-state index in [0.29, 0.717) is 0 Å². The number of hydrogen-bond acceptors (Lipinski definition) is 5. The first kappa shape index (κ1) is 17.4. The van der Waals surface area contributed by atoms with Gasteiger partial charge in [-0.05, 0) is 43.3 Å². The molecular weight excluding hydrogens is 298 g/mol. The smallest absolute Gasteiger partial charge is 0.129 e. The lowest BCUT2D eigenvalue weighted by Gasteiger charge is -2.26. The van der Waals surface area contributed by atoms with Crippen molar-refractivity contribution in [3.63, 3.8) is 0 Å². The van der Waals surface area contributed by atoms with Crippen molar-refractivity contribution in [2.75, 3.05) is 38.6 Å². The van der Waals surface area contributed by atoms with E-state index < -0.39 is 0 Å². The maximum absolute atomic E-state index is 9.64. The third kappa shape index (κ3) is 5.79. The van der Waals surface area contributed by atoms with E-state index in [9.17, 15) is 10.2 Å². The number of thioether (sulfide) groups is 1. The molecule has 2 N–H and O–H groups in total. The summed E-state index contributed by atoms with van der Waals surface area (Å²) in [4.78, 5) is 3.19. The summed E-state index contributed by atoms with van der Waals surface area (Å²) in [7, 11) is 0. The van der Waals surface area contributed by atoms with Crippen molar-refractivity contribution in [2.45, 2.75) is 17.7 Å². The Morgan fingerprint density at radius 1 is 1.15 bits per heavy atom. The van der Waals surface area contributed by atoms with E-state index in [1.807, 2.05) is 0 Å². The molecule has 0 saturated carbocycles. The SMILES string of the molecule is Cl.Oc1ccc(O)c(SCCCCN2CCOCC2)c1. The molecule has 6 heteroatoms. The van der Waals surface area contributed by atoms with Crippen LogP contribution in [-0.4, -0.2) is 53.7 Å². The highest BCUT2D eigenvalue weighted by molar-refractivity contribution is 7.99. The van der Waals surface area contributed by atoms with E-state index in [2.05, 4.69) is 4.90 Å². The van der Waals surface area contributed by atoms with Gasteiger partial charge in [-0.3, -0.25) is 4.90 Å². The second-order valence-corrected chi connectivity index (χ2v) is 5.80. The van der Waals surface area contributed by atoms with Crippen LogP contribution in [0.5, 0.6) is 11.5 Å². The Kier molecular flexibility index (Phi) is 8.14. The van der Waals surface area contributed by atoms with Crippen molar-refractivity contribution in [3.8, 4) is 11.5 Å². The number of morpholine rings is 1. The molecule has 1 saturated heterocycles. The number of ether oxygens (including phenoxy) is 1. The van der Waals surface area contributed by atoms with Gasteiger partial charge in [0, 0.05) is 13.1 Å². The number of nitrogens with zero attached hydrogens (tertiary/aromatic N) is 1. The highest BCUT2D eigenvalue weighted by Gasteiger charge is 2.09. The minimum atomic E-state index is 0. The Labute approximate surface area is 130 Å². The van der Waals surface area contributed by atoms with Crippen LogP contribution in [0.2, 0.25) is 0 Å². The van der Waals surface area contributed by atoms with Gasteiger partial charge < -0.3 is 14.9 Å². The fourth-order valence-corrected chi connectivity index (χ4v) is 3.05. The summed E-state index contributed by atoms with van der Waals surface area (Å²) < 4.78 is 5.31. The van der Waals surface area contributed by atoms with Crippen LogP contribution in [0.4, 0.5) is 0 Å². The maximum Gasteiger partial charge on any atom is 0.129 e. The Hall–Kier alpha value is -0.620. The predicted octanol–water partition coefficient (Wildman–Crippen LogP) is 2.72. The lowest BCUT2D eigenvalue weighted by Crippen LogP contribution is -2.36. The summed E-state index contributed by atoms with van der Waals surface area (Å²) in [5.74, 6) is 1.41. The fraction of sp³-hybridized carbons (Fsp3) is 0.571.